The Kier molecular flexibility index (Phi) is 4.32. The Balaban J connectivity index is 2.11. The maximum absolute atomic E-state index is 11.9. The molecule has 2 rings (SSSR count). The van der Waals surface area contributed by atoms with Gasteiger partial charge in [0.25, 0.3) is 0 Å². The minimum atomic E-state index is -0.416. The summed E-state index contributed by atoms with van der Waals surface area (Å²) in [7, 11) is 0. The van der Waals surface area contributed by atoms with Crippen molar-refractivity contribution < 1.29 is 9.53 Å². The lowest BCUT2D eigenvalue weighted by Crippen LogP contribution is -2.09. The third kappa shape index (κ3) is 3.43. The lowest BCUT2D eigenvalue weighted by molar-refractivity contribution is 0.0734. The molecule has 0 unspecified atom stereocenters. The highest BCUT2D eigenvalue weighted by molar-refractivity contribution is 9.10. The molecule has 0 bridgehead atoms. The van der Waals surface area contributed by atoms with Crippen LogP contribution in [0.1, 0.15) is 15.9 Å². The summed E-state index contributed by atoms with van der Waals surface area (Å²) in [6, 6.07) is 16.0. The molecule has 0 aliphatic rings. The van der Waals surface area contributed by atoms with Gasteiger partial charge in [0.05, 0.1) is 18.1 Å². The second kappa shape index (κ2) is 6.17. The quantitative estimate of drug-likeness (QED) is 0.640. The van der Waals surface area contributed by atoms with Crippen LogP contribution in [0.5, 0.6) is 5.75 Å². The summed E-state index contributed by atoms with van der Waals surface area (Å²) in [6.07, 6.45) is 0.346. The molecule has 0 fully saturated rings. The molecule has 0 atom stereocenters. The van der Waals surface area contributed by atoms with E-state index in [0.717, 1.165) is 5.56 Å². The molecule has 0 spiro atoms. The predicted molar refractivity (Wildman–Crippen MR) is 74.9 cm³/mol. The molecule has 3 nitrogen and oxygen atoms in total. The summed E-state index contributed by atoms with van der Waals surface area (Å²) in [5.74, 6) is 0.0444. The second-order valence-corrected chi connectivity index (χ2v) is 4.70. The number of esters is 1. The molecule has 0 aliphatic carbocycles. The van der Waals surface area contributed by atoms with E-state index in [1.165, 1.54) is 0 Å². The molecule has 2 aromatic carbocycles. The SMILES string of the molecule is N#CCc1ccc(OC(=O)c2ccccc2Br)cc1. The normalized spacial score (nSPS) is 9.68. The number of halogens is 1. The molecule has 4 heteroatoms. The highest BCUT2D eigenvalue weighted by Crippen LogP contribution is 2.19. The average molecular weight is 316 g/mol. The van der Waals surface area contributed by atoms with E-state index in [4.69, 9.17) is 10.00 Å². The molecule has 0 aliphatic heterocycles. The van der Waals surface area contributed by atoms with Crippen molar-refractivity contribution >= 4 is 21.9 Å². The van der Waals surface area contributed by atoms with E-state index in [1.54, 1.807) is 42.5 Å². The highest BCUT2D eigenvalue weighted by atomic mass is 79.9. The number of benzene rings is 2. The molecule has 0 saturated carbocycles. The van der Waals surface area contributed by atoms with Gasteiger partial charge < -0.3 is 4.74 Å². The lowest BCUT2D eigenvalue weighted by Gasteiger charge is -2.06. The van der Waals surface area contributed by atoms with Gasteiger partial charge in [-0.25, -0.2) is 4.79 Å². The second-order valence-electron chi connectivity index (χ2n) is 3.85. The smallest absolute Gasteiger partial charge is 0.344 e. The van der Waals surface area contributed by atoms with Crippen molar-refractivity contribution in [2.45, 2.75) is 6.42 Å². The third-order valence-electron chi connectivity index (χ3n) is 2.51. The van der Waals surface area contributed by atoms with Gasteiger partial charge in [0, 0.05) is 4.47 Å². The summed E-state index contributed by atoms with van der Waals surface area (Å²) in [5, 5.41) is 8.57. The van der Waals surface area contributed by atoms with E-state index in [2.05, 4.69) is 22.0 Å². The molecule has 2 aromatic rings. The van der Waals surface area contributed by atoms with Gasteiger partial charge in [-0.05, 0) is 45.8 Å². The maximum Gasteiger partial charge on any atom is 0.344 e. The van der Waals surface area contributed by atoms with Crippen LogP contribution in [-0.2, 0) is 6.42 Å². The number of rotatable bonds is 3. The van der Waals surface area contributed by atoms with Crippen LogP contribution in [0.2, 0.25) is 0 Å². The Morgan fingerprint density at radius 3 is 2.47 bits per heavy atom. The minimum absolute atomic E-state index is 0.346. The molecule has 0 radical (unpaired) electrons. The number of carbonyl (C=O) groups is 1. The van der Waals surface area contributed by atoms with Crippen molar-refractivity contribution in [2.24, 2.45) is 0 Å². The summed E-state index contributed by atoms with van der Waals surface area (Å²) >= 11 is 3.31. The zero-order chi connectivity index (χ0) is 13.7. The Morgan fingerprint density at radius 2 is 1.84 bits per heavy atom. The van der Waals surface area contributed by atoms with Crippen LogP contribution in [0.4, 0.5) is 0 Å². The van der Waals surface area contributed by atoms with Crippen LogP contribution in [0.25, 0.3) is 0 Å². The molecule has 0 heterocycles. The Labute approximate surface area is 119 Å². The van der Waals surface area contributed by atoms with Gasteiger partial charge >= 0.3 is 5.97 Å². The van der Waals surface area contributed by atoms with Gasteiger partial charge in [0.1, 0.15) is 5.75 Å². The summed E-state index contributed by atoms with van der Waals surface area (Å²) < 4.78 is 5.96. The maximum atomic E-state index is 11.9. The summed E-state index contributed by atoms with van der Waals surface area (Å²) in [4.78, 5) is 11.9. The first-order chi connectivity index (χ1) is 9.20. The highest BCUT2D eigenvalue weighted by Gasteiger charge is 2.11. The monoisotopic (exact) mass is 315 g/mol. The first kappa shape index (κ1) is 13.3. The van der Waals surface area contributed by atoms with Crippen LogP contribution >= 0.6 is 15.9 Å². The molecule has 0 amide bonds. The van der Waals surface area contributed by atoms with Crippen LogP contribution in [-0.4, -0.2) is 5.97 Å². The van der Waals surface area contributed by atoms with Crippen molar-refractivity contribution in [1.29, 1.82) is 5.26 Å². The van der Waals surface area contributed by atoms with Gasteiger partial charge in [-0.3, -0.25) is 0 Å². The first-order valence-electron chi connectivity index (χ1n) is 5.63. The summed E-state index contributed by atoms with van der Waals surface area (Å²) in [5.41, 5.74) is 1.37. The van der Waals surface area contributed by atoms with Crippen LogP contribution in [0, 0.1) is 11.3 Å². The number of nitrogens with zero attached hydrogens (tertiary/aromatic N) is 1. The number of ether oxygens (including phenoxy) is 1. The van der Waals surface area contributed by atoms with Gasteiger partial charge in [-0.1, -0.05) is 24.3 Å². The first-order valence-corrected chi connectivity index (χ1v) is 6.42. The Morgan fingerprint density at radius 1 is 1.16 bits per heavy atom. The largest absolute Gasteiger partial charge is 0.423 e. The Hall–Kier alpha value is -2.12. The molecular weight excluding hydrogens is 306 g/mol. The van der Waals surface area contributed by atoms with Crippen LogP contribution in [0.3, 0.4) is 0 Å². The average Bonchev–Trinajstić information content (AvgIpc) is 2.42. The number of nitriles is 1. The van der Waals surface area contributed by atoms with Crippen LogP contribution < -0.4 is 4.74 Å². The van der Waals surface area contributed by atoms with Crippen molar-refractivity contribution in [3.63, 3.8) is 0 Å². The Bertz CT molecular complexity index is 629. The van der Waals surface area contributed by atoms with E-state index >= 15 is 0 Å². The number of carbonyl (C=O) groups excluding carboxylic acids is 1. The third-order valence-corrected chi connectivity index (χ3v) is 3.20. The fraction of sp³-hybridized carbons (Fsp3) is 0.0667. The van der Waals surface area contributed by atoms with Gasteiger partial charge in [0.2, 0.25) is 0 Å². The minimum Gasteiger partial charge on any atom is -0.423 e. The number of hydrogen-bond acceptors (Lipinski definition) is 3. The van der Waals surface area contributed by atoms with E-state index in [0.29, 0.717) is 22.2 Å². The number of hydrogen-bond donors (Lipinski definition) is 0. The van der Waals surface area contributed by atoms with Gasteiger partial charge in [-0.15, -0.1) is 0 Å². The van der Waals surface area contributed by atoms with Crippen molar-refractivity contribution in [3.8, 4) is 11.8 Å². The van der Waals surface area contributed by atoms with E-state index in [1.807, 2.05) is 6.07 Å². The van der Waals surface area contributed by atoms with Crippen molar-refractivity contribution in [2.75, 3.05) is 0 Å². The van der Waals surface area contributed by atoms with Crippen molar-refractivity contribution in [3.05, 3.63) is 64.1 Å². The van der Waals surface area contributed by atoms with E-state index < -0.39 is 5.97 Å². The molecule has 0 aromatic heterocycles. The topological polar surface area (TPSA) is 50.1 Å². The zero-order valence-electron chi connectivity index (χ0n) is 9.97. The predicted octanol–water partition coefficient (Wildman–Crippen LogP) is 3.73. The van der Waals surface area contributed by atoms with Gasteiger partial charge in [-0.2, -0.15) is 5.26 Å². The lowest BCUT2D eigenvalue weighted by atomic mass is 10.1. The molecule has 0 N–H and O–H groups in total. The molecule has 94 valence electrons. The zero-order valence-corrected chi connectivity index (χ0v) is 11.6. The summed E-state index contributed by atoms with van der Waals surface area (Å²) in [6.45, 7) is 0. The molecule has 19 heavy (non-hydrogen) atoms. The van der Waals surface area contributed by atoms with Crippen molar-refractivity contribution in [1.82, 2.24) is 0 Å². The standard InChI is InChI=1S/C15H10BrNO2/c16-14-4-2-1-3-13(14)15(18)19-12-7-5-11(6-8-12)9-10-17/h1-8H,9H2. The fourth-order valence-corrected chi connectivity index (χ4v) is 2.00. The van der Waals surface area contributed by atoms with E-state index in [9.17, 15) is 4.79 Å². The van der Waals surface area contributed by atoms with Gasteiger partial charge in [0.15, 0.2) is 0 Å². The van der Waals surface area contributed by atoms with E-state index in [-0.39, 0.29) is 0 Å². The molecular formula is C15H10BrNO2. The fourth-order valence-electron chi connectivity index (χ4n) is 1.56. The molecule has 0 saturated heterocycles. The van der Waals surface area contributed by atoms with Crippen LogP contribution in [0.15, 0.2) is 53.0 Å².